The number of carbonyl (C=O) groups excluding carboxylic acids is 1. The van der Waals surface area contributed by atoms with Crippen LogP contribution in [0.1, 0.15) is 24.8 Å². The Bertz CT molecular complexity index is 615. The van der Waals surface area contributed by atoms with Crippen LogP contribution in [0.5, 0.6) is 11.5 Å². The van der Waals surface area contributed by atoms with E-state index >= 15 is 0 Å². The molecule has 2 saturated heterocycles. The second-order valence-corrected chi connectivity index (χ2v) is 6.33. The van der Waals surface area contributed by atoms with Crippen LogP contribution in [-0.4, -0.2) is 49.8 Å². The molecule has 0 radical (unpaired) electrons. The van der Waals surface area contributed by atoms with Crippen LogP contribution in [0, 0.1) is 0 Å². The molecule has 1 aromatic carbocycles. The lowest BCUT2D eigenvalue weighted by atomic mass is 10.1. The monoisotopic (exact) mass is 355 g/mol. The fraction of sp³-hybridized carbons (Fsp3) is 0.588. The summed E-state index contributed by atoms with van der Waals surface area (Å²) in [5, 5.41) is 5.84. The van der Waals surface area contributed by atoms with Gasteiger partial charge >= 0.3 is 12.6 Å². The van der Waals surface area contributed by atoms with E-state index in [1.54, 1.807) is 12.1 Å². The van der Waals surface area contributed by atoms with Crippen LogP contribution in [0.15, 0.2) is 18.2 Å². The van der Waals surface area contributed by atoms with E-state index in [4.69, 9.17) is 4.74 Å². The highest BCUT2D eigenvalue weighted by Crippen LogP contribution is 2.30. The quantitative estimate of drug-likeness (QED) is 0.822. The lowest BCUT2D eigenvalue weighted by Gasteiger charge is -2.21. The summed E-state index contributed by atoms with van der Waals surface area (Å²) in [7, 11) is 1.38. The van der Waals surface area contributed by atoms with Crippen LogP contribution in [0.2, 0.25) is 0 Å². The number of alkyl halides is 2. The van der Waals surface area contributed by atoms with Crippen LogP contribution in [0.3, 0.4) is 0 Å². The van der Waals surface area contributed by atoms with Crippen molar-refractivity contribution in [2.24, 2.45) is 0 Å². The van der Waals surface area contributed by atoms with Gasteiger partial charge in [-0.25, -0.2) is 4.79 Å². The van der Waals surface area contributed by atoms with Gasteiger partial charge in [0.05, 0.1) is 7.11 Å². The maximum Gasteiger partial charge on any atom is 0.387 e. The Kier molecular flexibility index (Phi) is 5.57. The summed E-state index contributed by atoms with van der Waals surface area (Å²) in [6, 6.07) is 5.04. The molecule has 0 aromatic heterocycles. The van der Waals surface area contributed by atoms with Gasteiger partial charge in [-0.05, 0) is 43.5 Å². The van der Waals surface area contributed by atoms with Crippen molar-refractivity contribution in [3.05, 3.63) is 23.8 Å². The molecule has 2 aliphatic heterocycles. The summed E-state index contributed by atoms with van der Waals surface area (Å²) < 4.78 is 34.1. The van der Waals surface area contributed by atoms with Crippen molar-refractivity contribution < 1.29 is 23.0 Å². The third-order valence-corrected chi connectivity index (χ3v) is 4.82. The number of hydrogen-bond donors (Lipinski definition) is 2. The molecule has 138 valence electrons. The van der Waals surface area contributed by atoms with E-state index < -0.39 is 6.61 Å². The Balaban J connectivity index is 1.51. The number of carbonyl (C=O) groups is 1. The van der Waals surface area contributed by atoms with Gasteiger partial charge in [0.2, 0.25) is 0 Å². The van der Waals surface area contributed by atoms with Crippen molar-refractivity contribution in [2.45, 2.75) is 44.5 Å². The summed E-state index contributed by atoms with van der Waals surface area (Å²) in [5.74, 6) is 0.176. The molecular weight excluding hydrogens is 332 g/mol. The van der Waals surface area contributed by atoms with Gasteiger partial charge < -0.3 is 20.1 Å². The number of nitrogens with one attached hydrogen (secondary N) is 2. The molecule has 2 fully saturated rings. The first-order valence-electron chi connectivity index (χ1n) is 8.47. The fourth-order valence-corrected chi connectivity index (χ4v) is 3.67. The summed E-state index contributed by atoms with van der Waals surface area (Å²) in [6.07, 6.45) is 3.30. The molecule has 8 heteroatoms. The average molecular weight is 355 g/mol. The molecule has 2 amide bonds. The summed E-state index contributed by atoms with van der Waals surface area (Å²) in [6.45, 7) is -0.473. The number of halogens is 2. The van der Waals surface area contributed by atoms with Crippen LogP contribution >= 0.6 is 0 Å². The van der Waals surface area contributed by atoms with E-state index in [9.17, 15) is 13.6 Å². The molecular formula is C17H23F2N3O3. The van der Waals surface area contributed by atoms with Gasteiger partial charge in [0, 0.05) is 25.2 Å². The Hall–Kier alpha value is -2.09. The predicted molar refractivity (Wildman–Crippen MR) is 88.0 cm³/mol. The predicted octanol–water partition coefficient (Wildman–Crippen LogP) is 2.33. The van der Waals surface area contributed by atoms with Crippen molar-refractivity contribution in [1.29, 1.82) is 0 Å². The number of ether oxygens (including phenoxy) is 2. The van der Waals surface area contributed by atoms with Gasteiger partial charge in [0.1, 0.15) is 0 Å². The number of nitrogens with zero attached hydrogens (tertiary/aromatic N) is 1. The third kappa shape index (κ3) is 4.31. The topological polar surface area (TPSA) is 62.8 Å². The van der Waals surface area contributed by atoms with Crippen molar-refractivity contribution in [3.8, 4) is 11.5 Å². The van der Waals surface area contributed by atoms with Crippen molar-refractivity contribution in [1.82, 2.24) is 15.5 Å². The number of amides is 2. The molecule has 0 spiro atoms. The van der Waals surface area contributed by atoms with Crippen LogP contribution in [-0.2, 0) is 6.54 Å². The standard InChI is InChI=1S/C17H23F2N3O3/c1-24-15-9-11(4-5-14(15)25-16(18)19)10-20-17(23)21-12-6-8-22-7-2-3-13(12)22/h4-5,9,12-13,16H,2-3,6-8,10H2,1H3,(H2,20,21,23)/t12-,13+/m1/s1. The second-order valence-electron chi connectivity index (χ2n) is 6.33. The molecule has 1 aromatic rings. The van der Waals surface area contributed by atoms with E-state index in [0.717, 1.165) is 31.5 Å². The smallest absolute Gasteiger partial charge is 0.387 e. The molecule has 0 bridgehead atoms. The first-order valence-corrected chi connectivity index (χ1v) is 8.47. The fourth-order valence-electron chi connectivity index (χ4n) is 3.67. The highest BCUT2D eigenvalue weighted by molar-refractivity contribution is 5.74. The zero-order valence-corrected chi connectivity index (χ0v) is 14.1. The van der Waals surface area contributed by atoms with Crippen LogP contribution < -0.4 is 20.1 Å². The largest absolute Gasteiger partial charge is 0.493 e. The number of urea groups is 1. The van der Waals surface area contributed by atoms with Crippen molar-refractivity contribution >= 4 is 6.03 Å². The molecule has 2 N–H and O–H groups in total. The molecule has 0 saturated carbocycles. The van der Waals surface area contributed by atoms with E-state index in [0.29, 0.717) is 6.04 Å². The lowest BCUT2D eigenvalue weighted by molar-refractivity contribution is -0.0512. The minimum Gasteiger partial charge on any atom is -0.493 e. The minimum atomic E-state index is -2.91. The molecule has 25 heavy (non-hydrogen) atoms. The third-order valence-electron chi connectivity index (χ3n) is 4.82. The number of hydrogen-bond acceptors (Lipinski definition) is 4. The maximum atomic E-state index is 12.3. The van der Waals surface area contributed by atoms with Crippen molar-refractivity contribution in [2.75, 3.05) is 20.2 Å². The summed E-state index contributed by atoms with van der Waals surface area (Å²) >= 11 is 0. The molecule has 2 heterocycles. The van der Waals surface area contributed by atoms with Crippen LogP contribution in [0.25, 0.3) is 0 Å². The lowest BCUT2D eigenvalue weighted by Crippen LogP contribution is -2.46. The number of benzene rings is 1. The molecule has 3 rings (SSSR count). The van der Waals surface area contributed by atoms with Crippen LogP contribution in [0.4, 0.5) is 13.6 Å². The minimum absolute atomic E-state index is 0.0296. The van der Waals surface area contributed by atoms with Gasteiger partial charge in [0.25, 0.3) is 0 Å². The SMILES string of the molecule is COc1cc(CNC(=O)N[C@@H]2CCN3CCC[C@@H]23)ccc1OC(F)F. The molecule has 6 nitrogen and oxygen atoms in total. The second kappa shape index (κ2) is 7.86. The number of fused-ring (bicyclic) bond motifs is 1. The average Bonchev–Trinajstić information content (AvgIpc) is 3.18. The highest BCUT2D eigenvalue weighted by Gasteiger charge is 2.37. The Morgan fingerprint density at radius 3 is 2.92 bits per heavy atom. The first-order chi connectivity index (χ1) is 12.1. The van der Waals surface area contributed by atoms with Gasteiger partial charge in [-0.15, -0.1) is 0 Å². The number of methoxy groups -OCH3 is 1. The maximum absolute atomic E-state index is 12.3. The first kappa shape index (κ1) is 17.7. The number of rotatable bonds is 6. The van der Waals surface area contributed by atoms with E-state index in [1.165, 1.54) is 19.6 Å². The van der Waals surface area contributed by atoms with Gasteiger partial charge in [0.15, 0.2) is 11.5 Å². The molecule has 0 unspecified atom stereocenters. The molecule has 2 atom stereocenters. The van der Waals surface area contributed by atoms with E-state index in [1.807, 2.05) is 0 Å². The Morgan fingerprint density at radius 2 is 2.16 bits per heavy atom. The van der Waals surface area contributed by atoms with Gasteiger partial charge in [-0.3, -0.25) is 4.90 Å². The molecule has 2 aliphatic rings. The van der Waals surface area contributed by atoms with Crippen molar-refractivity contribution in [3.63, 3.8) is 0 Å². The van der Waals surface area contributed by atoms with Gasteiger partial charge in [-0.2, -0.15) is 8.78 Å². The summed E-state index contributed by atoms with van der Waals surface area (Å²) in [4.78, 5) is 14.6. The normalized spacial score (nSPS) is 22.7. The van der Waals surface area contributed by atoms with Gasteiger partial charge in [-0.1, -0.05) is 6.07 Å². The van der Waals surface area contributed by atoms with E-state index in [2.05, 4.69) is 20.3 Å². The zero-order chi connectivity index (χ0) is 17.8. The molecule has 0 aliphatic carbocycles. The highest BCUT2D eigenvalue weighted by atomic mass is 19.3. The zero-order valence-electron chi connectivity index (χ0n) is 14.1. The summed E-state index contributed by atoms with van der Waals surface area (Å²) in [5.41, 5.74) is 0.738. The Labute approximate surface area is 145 Å². The van der Waals surface area contributed by atoms with E-state index in [-0.39, 0.29) is 30.1 Å². The Morgan fingerprint density at radius 1 is 1.32 bits per heavy atom.